The number of alkyl halides is 1. The molecule has 0 aliphatic carbocycles. The van der Waals surface area contributed by atoms with Crippen molar-refractivity contribution in [3.05, 3.63) is 0 Å². The Bertz CT molecular complexity index is 64.6. The van der Waals surface area contributed by atoms with Gasteiger partial charge in [0.15, 0.2) is 4.62 Å². The number of nitrogens with zero attached hydrogens (tertiary/aromatic N) is 1. The van der Waals surface area contributed by atoms with Crippen molar-refractivity contribution in [1.29, 1.82) is 0 Å². The molecule has 2 nitrogen and oxygen atoms in total. The van der Waals surface area contributed by atoms with Crippen molar-refractivity contribution in [2.75, 3.05) is 6.67 Å². The second-order valence-corrected chi connectivity index (χ2v) is 1.53. The highest BCUT2D eigenvalue weighted by Gasteiger charge is 1.85. The summed E-state index contributed by atoms with van der Waals surface area (Å²) in [6.45, 7) is -0.753. The van der Waals surface area contributed by atoms with Crippen molar-refractivity contribution in [1.82, 2.24) is 0 Å². The van der Waals surface area contributed by atoms with E-state index in [4.69, 9.17) is 5.21 Å². The highest BCUT2D eigenvalue weighted by Crippen LogP contribution is 1.86. The Kier molecular flexibility index (Phi) is 3.02. The number of hydrogen-bond donors (Lipinski definition) is 1. The van der Waals surface area contributed by atoms with Crippen molar-refractivity contribution >= 4 is 20.6 Å². The molecule has 0 aromatic heterocycles. The van der Waals surface area contributed by atoms with E-state index in [0.29, 0.717) is 0 Å². The Morgan fingerprint density at radius 2 is 2.50 bits per heavy atom. The van der Waals surface area contributed by atoms with Crippen LogP contribution in [0.3, 0.4) is 0 Å². The molecule has 0 aliphatic rings. The zero-order valence-corrected chi connectivity index (χ0v) is 4.44. The van der Waals surface area contributed by atoms with Gasteiger partial charge in [0.05, 0.1) is 0 Å². The third-order valence-electron chi connectivity index (χ3n) is 0.219. The summed E-state index contributed by atoms with van der Waals surface area (Å²) in [5.74, 6) is 0. The monoisotopic (exact) mass is 155 g/mol. The Hall–Kier alpha value is -0.120. The van der Waals surface area contributed by atoms with Crippen LogP contribution in [0.2, 0.25) is 0 Å². The summed E-state index contributed by atoms with van der Waals surface area (Å²) in [4.78, 5) is 0. The molecule has 0 radical (unpaired) electrons. The second kappa shape index (κ2) is 3.08. The minimum atomic E-state index is -0.753. The lowest BCUT2D eigenvalue weighted by Crippen LogP contribution is -1.84. The standard InChI is InChI=1S/C2H3BrFNO/c3-2(1-4)5-6/h6H,1H2. The third kappa shape index (κ3) is 2.14. The summed E-state index contributed by atoms with van der Waals surface area (Å²) in [6.07, 6.45) is 0. The third-order valence-corrected chi connectivity index (χ3v) is 0.589. The van der Waals surface area contributed by atoms with Crippen LogP contribution in [0.15, 0.2) is 5.16 Å². The van der Waals surface area contributed by atoms with Gasteiger partial charge in [-0.1, -0.05) is 5.16 Å². The van der Waals surface area contributed by atoms with Gasteiger partial charge < -0.3 is 5.21 Å². The highest BCUT2D eigenvalue weighted by molar-refractivity contribution is 9.18. The number of halogens is 2. The molecule has 0 fully saturated rings. The fourth-order valence-electron chi connectivity index (χ4n) is 0.0267. The van der Waals surface area contributed by atoms with E-state index in [1.54, 1.807) is 0 Å². The fraction of sp³-hybridized carbons (Fsp3) is 0.500. The van der Waals surface area contributed by atoms with Crippen LogP contribution in [0, 0.1) is 0 Å². The summed E-state index contributed by atoms with van der Waals surface area (Å²) in [6, 6.07) is 0. The van der Waals surface area contributed by atoms with E-state index < -0.39 is 6.67 Å². The van der Waals surface area contributed by atoms with Crippen LogP contribution < -0.4 is 0 Å². The predicted octanol–water partition coefficient (Wildman–Crippen LogP) is 1.14. The SMILES string of the molecule is ON=C(Br)CF. The summed E-state index contributed by atoms with van der Waals surface area (Å²) in [5.41, 5.74) is 0. The first kappa shape index (κ1) is 5.88. The van der Waals surface area contributed by atoms with Crippen LogP contribution in [0.5, 0.6) is 0 Å². The van der Waals surface area contributed by atoms with E-state index in [0.717, 1.165) is 0 Å². The maximum Gasteiger partial charge on any atom is 0.153 e. The van der Waals surface area contributed by atoms with Gasteiger partial charge in [-0.3, -0.25) is 0 Å². The number of oxime groups is 1. The average Bonchev–Trinajstić information content (AvgIpc) is 1.65. The Labute approximate surface area is 42.8 Å². The van der Waals surface area contributed by atoms with Gasteiger partial charge in [-0.05, 0) is 15.9 Å². The molecule has 0 bridgehead atoms. The van der Waals surface area contributed by atoms with Gasteiger partial charge in [-0.15, -0.1) is 0 Å². The molecular formula is C2H3BrFNO. The van der Waals surface area contributed by atoms with E-state index >= 15 is 0 Å². The van der Waals surface area contributed by atoms with E-state index in [1.807, 2.05) is 0 Å². The van der Waals surface area contributed by atoms with Gasteiger partial charge >= 0.3 is 0 Å². The van der Waals surface area contributed by atoms with Crippen LogP contribution in [-0.2, 0) is 0 Å². The zero-order chi connectivity index (χ0) is 4.99. The fourth-order valence-corrected chi connectivity index (χ4v) is 0.0267. The summed E-state index contributed by atoms with van der Waals surface area (Å²) in [5, 5.41) is 10.1. The lowest BCUT2D eigenvalue weighted by Gasteiger charge is -1.76. The Morgan fingerprint density at radius 1 is 2.00 bits per heavy atom. The number of rotatable bonds is 1. The Balaban J connectivity index is 3.22. The lowest BCUT2D eigenvalue weighted by molar-refractivity contribution is 0.318. The first-order valence-electron chi connectivity index (χ1n) is 1.23. The Morgan fingerprint density at radius 3 is 2.50 bits per heavy atom. The summed E-state index contributed by atoms with van der Waals surface area (Å²) in [7, 11) is 0. The van der Waals surface area contributed by atoms with Crippen molar-refractivity contribution in [3.63, 3.8) is 0 Å². The number of hydrogen-bond acceptors (Lipinski definition) is 2. The highest BCUT2D eigenvalue weighted by atomic mass is 79.9. The van der Waals surface area contributed by atoms with E-state index in [-0.39, 0.29) is 4.62 Å². The van der Waals surface area contributed by atoms with E-state index in [1.165, 1.54) is 0 Å². The van der Waals surface area contributed by atoms with Gasteiger partial charge in [0.1, 0.15) is 6.67 Å². The van der Waals surface area contributed by atoms with Crippen LogP contribution in [0.25, 0.3) is 0 Å². The summed E-state index contributed by atoms with van der Waals surface area (Å²) < 4.78 is 11.0. The molecule has 36 valence electrons. The van der Waals surface area contributed by atoms with Crippen LogP contribution in [0.1, 0.15) is 0 Å². The van der Waals surface area contributed by atoms with Gasteiger partial charge in [0.25, 0.3) is 0 Å². The minimum absolute atomic E-state index is 0.0810. The molecular weight excluding hydrogens is 153 g/mol. The normalized spacial score (nSPS) is 12.0. The molecule has 0 unspecified atom stereocenters. The summed E-state index contributed by atoms with van der Waals surface area (Å²) >= 11 is 2.60. The first-order chi connectivity index (χ1) is 2.81. The minimum Gasteiger partial charge on any atom is -0.410 e. The van der Waals surface area contributed by atoms with Crippen molar-refractivity contribution in [2.24, 2.45) is 5.16 Å². The smallest absolute Gasteiger partial charge is 0.153 e. The van der Waals surface area contributed by atoms with Gasteiger partial charge in [0.2, 0.25) is 0 Å². The predicted molar refractivity (Wildman–Crippen MR) is 24.1 cm³/mol. The topological polar surface area (TPSA) is 32.6 Å². The van der Waals surface area contributed by atoms with Gasteiger partial charge in [0, 0.05) is 0 Å². The molecule has 6 heavy (non-hydrogen) atoms. The largest absolute Gasteiger partial charge is 0.410 e. The molecule has 0 spiro atoms. The molecule has 0 aliphatic heterocycles. The van der Waals surface area contributed by atoms with E-state index in [2.05, 4.69) is 21.1 Å². The lowest BCUT2D eigenvalue weighted by atomic mass is 10.9. The molecule has 0 aromatic carbocycles. The molecule has 1 N–H and O–H groups in total. The molecule has 0 saturated carbocycles. The maximum absolute atomic E-state index is 11.0. The van der Waals surface area contributed by atoms with E-state index in [9.17, 15) is 4.39 Å². The molecule has 0 aromatic rings. The molecule has 4 heteroatoms. The molecule has 0 atom stereocenters. The quantitative estimate of drug-likeness (QED) is 0.344. The molecule has 0 rings (SSSR count). The van der Waals surface area contributed by atoms with Crippen LogP contribution in [-0.4, -0.2) is 16.5 Å². The second-order valence-electron chi connectivity index (χ2n) is 0.610. The van der Waals surface area contributed by atoms with Gasteiger partial charge in [-0.25, -0.2) is 4.39 Å². The maximum atomic E-state index is 11.0. The average molecular weight is 156 g/mol. The zero-order valence-electron chi connectivity index (χ0n) is 2.86. The van der Waals surface area contributed by atoms with Crippen LogP contribution in [0.4, 0.5) is 4.39 Å². The molecule has 0 amide bonds. The molecule has 0 heterocycles. The van der Waals surface area contributed by atoms with Gasteiger partial charge in [-0.2, -0.15) is 0 Å². The van der Waals surface area contributed by atoms with Crippen molar-refractivity contribution in [2.45, 2.75) is 0 Å². The first-order valence-corrected chi connectivity index (χ1v) is 2.03. The van der Waals surface area contributed by atoms with Crippen LogP contribution >= 0.6 is 15.9 Å². The van der Waals surface area contributed by atoms with Crippen molar-refractivity contribution in [3.8, 4) is 0 Å². The molecule has 0 saturated heterocycles. The van der Waals surface area contributed by atoms with Crippen molar-refractivity contribution < 1.29 is 9.60 Å².